The molecule has 0 radical (unpaired) electrons. The molecule has 0 saturated carbocycles. The van der Waals surface area contributed by atoms with E-state index < -0.39 is 40.5 Å². The van der Waals surface area contributed by atoms with Gasteiger partial charge in [-0.3, -0.25) is 4.79 Å². The molecule has 1 amide bonds. The van der Waals surface area contributed by atoms with E-state index in [0.29, 0.717) is 22.3 Å². The molecule has 1 aromatic heterocycles. The summed E-state index contributed by atoms with van der Waals surface area (Å²) < 4.78 is 73.5. The summed E-state index contributed by atoms with van der Waals surface area (Å²) in [6, 6.07) is 13.3. The van der Waals surface area contributed by atoms with Gasteiger partial charge in [0.15, 0.2) is 0 Å². The molecule has 11 heteroatoms. The van der Waals surface area contributed by atoms with Crippen molar-refractivity contribution in [3.63, 3.8) is 0 Å². The van der Waals surface area contributed by atoms with Gasteiger partial charge in [0.2, 0.25) is 5.91 Å². The number of carbonyl (C=O) groups excluding carboxylic acids is 1. The van der Waals surface area contributed by atoms with Crippen LogP contribution in [-0.2, 0) is 46.4 Å². The first-order valence-electron chi connectivity index (χ1n) is 11.3. The second kappa shape index (κ2) is 12.4. The molecule has 37 heavy (non-hydrogen) atoms. The van der Waals surface area contributed by atoms with Gasteiger partial charge in [0, 0.05) is 37.6 Å². The average molecular weight is 538 g/mol. The van der Waals surface area contributed by atoms with Gasteiger partial charge in [-0.15, -0.1) is 0 Å². The maximum absolute atomic E-state index is 14.5. The normalized spacial score (nSPS) is 13.3. The van der Waals surface area contributed by atoms with Crippen molar-refractivity contribution in [1.29, 1.82) is 0 Å². The van der Waals surface area contributed by atoms with Gasteiger partial charge in [-0.05, 0) is 41.8 Å². The van der Waals surface area contributed by atoms with E-state index in [1.54, 1.807) is 37.3 Å². The Morgan fingerprint density at radius 1 is 1.08 bits per heavy atom. The van der Waals surface area contributed by atoms with Gasteiger partial charge in [0.05, 0.1) is 29.2 Å². The number of pyridine rings is 1. The molecular formula is C26H27F4N3O3S. The first-order chi connectivity index (χ1) is 17.5. The summed E-state index contributed by atoms with van der Waals surface area (Å²) >= 11 is 0. The van der Waals surface area contributed by atoms with Crippen LogP contribution < -0.4 is 10.0 Å². The van der Waals surface area contributed by atoms with Gasteiger partial charge in [0.1, 0.15) is 11.5 Å². The number of nitrogens with one attached hydrogen (secondary N) is 2. The minimum atomic E-state index is -4.63. The standard InChI is InChI=1S/C26H27F4N3O3S/c1-16(18-7-8-20(22(27)12-18)14-32-37(3)35)25(34)31-13-21-9-10-23(26(28,29)30)33-24(21)19-6-4-5-17(11-19)15-36-2/h4-12,16,32H,13-15H2,1-3H3,(H,31,34). The number of ether oxygens (including phenoxy) is 1. The monoisotopic (exact) mass is 537 g/mol. The van der Waals surface area contributed by atoms with Crippen LogP contribution in [0.1, 0.15) is 40.8 Å². The summed E-state index contributed by atoms with van der Waals surface area (Å²) in [6.45, 7) is 1.87. The first-order valence-corrected chi connectivity index (χ1v) is 12.8. The Labute approximate surface area is 215 Å². The Balaban J connectivity index is 1.81. The van der Waals surface area contributed by atoms with Crippen molar-refractivity contribution in [2.75, 3.05) is 13.4 Å². The van der Waals surface area contributed by atoms with Crippen LogP contribution in [0.3, 0.4) is 0 Å². The third-order valence-corrected chi connectivity index (χ3v) is 6.22. The number of hydrogen-bond acceptors (Lipinski definition) is 4. The number of aromatic nitrogens is 1. The molecule has 0 fully saturated rings. The summed E-state index contributed by atoms with van der Waals surface area (Å²) in [7, 11) is 0.218. The van der Waals surface area contributed by atoms with Gasteiger partial charge in [-0.25, -0.2) is 18.3 Å². The molecule has 0 aliphatic carbocycles. The molecule has 2 aromatic carbocycles. The van der Waals surface area contributed by atoms with Crippen LogP contribution in [0.2, 0.25) is 0 Å². The minimum Gasteiger partial charge on any atom is -0.380 e. The molecule has 2 atom stereocenters. The highest BCUT2D eigenvalue weighted by Crippen LogP contribution is 2.32. The summed E-state index contributed by atoms with van der Waals surface area (Å²) in [4.78, 5) is 16.7. The van der Waals surface area contributed by atoms with Gasteiger partial charge in [-0.1, -0.05) is 36.4 Å². The van der Waals surface area contributed by atoms with Crippen LogP contribution in [0.5, 0.6) is 0 Å². The van der Waals surface area contributed by atoms with Gasteiger partial charge >= 0.3 is 6.18 Å². The third kappa shape index (κ3) is 7.67. The van der Waals surface area contributed by atoms with Crippen molar-refractivity contribution < 1.29 is 31.3 Å². The Kier molecular flexibility index (Phi) is 9.52. The molecule has 3 rings (SSSR count). The van der Waals surface area contributed by atoms with E-state index in [-0.39, 0.29) is 25.4 Å². The molecule has 2 N–H and O–H groups in total. The largest absolute Gasteiger partial charge is 0.433 e. The Morgan fingerprint density at radius 2 is 1.81 bits per heavy atom. The molecular weight excluding hydrogens is 510 g/mol. The zero-order chi connectivity index (χ0) is 27.2. The van der Waals surface area contributed by atoms with Gasteiger partial charge in [-0.2, -0.15) is 13.2 Å². The SMILES string of the molecule is COCc1cccc(-c2nc(C(F)(F)F)ccc2CNC(=O)C(C)c2ccc(CNS(C)=O)c(F)c2)c1. The Bertz CT molecular complexity index is 1280. The van der Waals surface area contributed by atoms with Crippen LogP contribution in [0.4, 0.5) is 17.6 Å². The summed E-state index contributed by atoms with van der Waals surface area (Å²) in [6.07, 6.45) is -3.19. The first kappa shape index (κ1) is 28.4. The average Bonchev–Trinajstić information content (AvgIpc) is 2.85. The van der Waals surface area contributed by atoms with Crippen LogP contribution >= 0.6 is 0 Å². The number of amides is 1. The number of rotatable bonds is 10. The van der Waals surface area contributed by atoms with E-state index in [1.807, 2.05) is 0 Å². The molecule has 3 aromatic rings. The molecule has 198 valence electrons. The van der Waals surface area contributed by atoms with Crippen molar-refractivity contribution in [1.82, 2.24) is 15.0 Å². The van der Waals surface area contributed by atoms with Crippen molar-refractivity contribution in [2.45, 2.75) is 38.7 Å². The maximum Gasteiger partial charge on any atom is 0.433 e. The van der Waals surface area contributed by atoms with Gasteiger partial charge < -0.3 is 10.1 Å². The number of benzene rings is 2. The number of carbonyl (C=O) groups is 1. The third-order valence-electron chi connectivity index (χ3n) is 5.67. The van der Waals surface area contributed by atoms with E-state index >= 15 is 0 Å². The van der Waals surface area contributed by atoms with E-state index in [2.05, 4.69) is 15.0 Å². The number of alkyl halides is 3. The summed E-state index contributed by atoms with van der Waals surface area (Å²) in [5, 5.41) is 2.72. The molecule has 1 heterocycles. The molecule has 0 aliphatic rings. The highest BCUT2D eigenvalue weighted by atomic mass is 32.2. The molecule has 0 aliphatic heterocycles. The van der Waals surface area contributed by atoms with E-state index in [0.717, 1.165) is 11.6 Å². The van der Waals surface area contributed by atoms with Crippen molar-refractivity contribution in [3.8, 4) is 11.3 Å². The van der Waals surface area contributed by atoms with Crippen molar-refractivity contribution >= 4 is 16.9 Å². The van der Waals surface area contributed by atoms with Crippen molar-refractivity contribution in [3.05, 3.63) is 88.4 Å². The van der Waals surface area contributed by atoms with Gasteiger partial charge in [0.25, 0.3) is 0 Å². The number of nitrogens with zero attached hydrogens (tertiary/aromatic N) is 1. The van der Waals surface area contributed by atoms with Crippen LogP contribution in [0.15, 0.2) is 54.6 Å². The highest BCUT2D eigenvalue weighted by Gasteiger charge is 2.33. The predicted molar refractivity (Wildman–Crippen MR) is 133 cm³/mol. The zero-order valence-corrected chi connectivity index (χ0v) is 21.3. The predicted octanol–water partition coefficient (Wildman–Crippen LogP) is 4.86. The summed E-state index contributed by atoms with van der Waals surface area (Å²) in [5.41, 5.74) is 1.39. The highest BCUT2D eigenvalue weighted by molar-refractivity contribution is 7.82. The number of halogens is 4. The molecule has 0 saturated heterocycles. The lowest BCUT2D eigenvalue weighted by atomic mass is 9.98. The molecule has 0 spiro atoms. The van der Waals surface area contributed by atoms with Crippen LogP contribution in [-0.4, -0.2) is 28.5 Å². The molecule has 6 nitrogen and oxygen atoms in total. The zero-order valence-electron chi connectivity index (χ0n) is 20.5. The van der Waals surface area contributed by atoms with E-state index in [9.17, 15) is 26.6 Å². The molecule has 0 bridgehead atoms. The lowest BCUT2D eigenvalue weighted by Gasteiger charge is -2.17. The quantitative estimate of drug-likeness (QED) is 0.362. The lowest BCUT2D eigenvalue weighted by molar-refractivity contribution is -0.141. The van der Waals surface area contributed by atoms with Crippen LogP contribution in [0.25, 0.3) is 11.3 Å². The number of hydrogen-bond donors (Lipinski definition) is 2. The Morgan fingerprint density at radius 3 is 2.46 bits per heavy atom. The fraction of sp³-hybridized carbons (Fsp3) is 0.308. The fourth-order valence-corrected chi connectivity index (χ4v) is 4.01. The van der Waals surface area contributed by atoms with Crippen molar-refractivity contribution in [2.24, 2.45) is 0 Å². The van der Waals surface area contributed by atoms with E-state index in [4.69, 9.17) is 4.74 Å². The maximum atomic E-state index is 14.5. The second-order valence-electron chi connectivity index (χ2n) is 8.40. The van der Waals surface area contributed by atoms with E-state index in [1.165, 1.54) is 31.6 Å². The molecule has 2 unspecified atom stereocenters. The second-order valence-corrected chi connectivity index (χ2v) is 9.60. The summed E-state index contributed by atoms with van der Waals surface area (Å²) in [5.74, 6) is -1.70. The van der Waals surface area contributed by atoms with Crippen LogP contribution in [0, 0.1) is 5.82 Å². The lowest BCUT2D eigenvalue weighted by Crippen LogP contribution is -2.28. The topological polar surface area (TPSA) is 80.3 Å². The fourth-order valence-electron chi connectivity index (χ4n) is 3.66. The minimum absolute atomic E-state index is 0.0745. The Hall–Kier alpha value is -3.15. The smallest absolute Gasteiger partial charge is 0.380 e. The number of methoxy groups -OCH3 is 1.